The molecule has 0 N–H and O–H groups in total. The third kappa shape index (κ3) is 7.19. The molecule has 0 aliphatic rings. The summed E-state index contributed by atoms with van der Waals surface area (Å²) in [5.74, 6) is -77.6. The van der Waals surface area contributed by atoms with Crippen molar-refractivity contribution in [2.75, 3.05) is 0 Å². The fourth-order valence-electron chi connectivity index (χ4n) is 3.08. The van der Waals surface area contributed by atoms with Crippen LogP contribution in [0.3, 0.4) is 0 Å². The predicted octanol–water partition coefficient (Wildman–Crippen LogP) is 10.7. The monoisotopic (exact) mass is 812 g/mol. The van der Waals surface area contributed by atoms with Crippen LogP contribution in [0.25, 0.3) is 0 Å². The summed E-state index contributed by atoms with van der Waals surface area (Å²) in [7, 11) is 0. The maximum absolute atomic E-state index is 13.8. The summed E-state index contributed by atoms with van der Waals surface area (Å²) in [6, 6.07) is 0. The maximum atomic E-state index is 13.8. The van der Waals surface area contributed by atoms with Crippen LogP contribution in [0, 0.1) is 0 Å². The van der Waals surface area contributed by atoms with Crippen LogP contribution in [0.2, 0.25) is 10.4 Å². The van der Waals surface area contributed by atoms with Gasteiger partial charge in [0, 0.05) is 0 Å². The third-order valence-corrected chi connectivity index (χ3v) is 8.90. The Hall–Kier alpha value is -1.26. The minimum absolute atomic E-state index is 0.578. The molecule has 0 saturated heterocycles. The summed E-state index contributed by atoms with van der Waals surface area (Å²) in [6.07, 6.45) is -23.7. The zero-order valence-electron chi connectivity index (χ0n) is 21.3. The molecule has 0 bridgehead atoms. The van der Waals surface area contributed by atoms with Crippen molar-refractivity contribution in [3.8, 4) is 0 Å². The number of hydrogen-bond acceptors (Lipinski definition) is 0. The standard InChI is InChI=1S/C19H15AsF26/c21-8(22,4-1-2-6-20-7-3-5-9(23,24)11(27,28)16(37,38)18(41,42)43)10(25,26)12(29,30)13(31,32)14(33,34)15(35,36)17(39,40)19(44,45)46/h20H,1-7H2. The van der Waals surface area contributed by atoms with E-state index in [4.69, 9.17) is 0 Å². The fraction of sp³-hybridized carbons (Fsp3) is 1.00. The van der Waals surface area contributed by atoms with Crippen LogP contribution >= 0.6 is 0 Å². The topological polar surface area (TPSA) is 0 Å². The smallest absolute Gasteiger partial charge is 0.165 e. The van der Waals surface area contributed by atoms with Crippen molar-refractivity contribution in [3.05, 3.63) is 0 Å². The molecule has 1 unspecified atom stereocenters. The molecule has 0 saturated carbocycles. The summed E-state index contributed by atoms with van der Waals surface area (Å²) >= 11 is -1.87. The number of unbranched alkanes of at least 4 members (excludes halogenated alkanes) is 1. The van der Waals surface area contributed by atoms with Gasteiger partial charge in [-0.25, -0.2) is 0 Å². The van der Waals surface area contributed by atoms with Crippen LogP contribution in [0.1, 0.15) is 32.1 Å². The van der Waals surface area contributed by atoms with Gasteiger partial charge in [0.05, 0.1) is 0 Å². The van der Waals surface area contributed by atoms with Crippen LogP contribution < -0.4 is 0 Å². The van der Waals surface area contributed by atoms with E-state index in [-0.39, 0.29) is 0 Å². The molecule has 0 nitrogen and oxygen atoms in total. The van der Waals surface area contributed by atoms with Gasteiger partial charge in [0.15, 0.2) is 0 Å². The van der Waals surface area contributed by atoms with Crippen molar-refractivity contribution in [1.82, 2.24) is 0 Å². The molecule has 27 heteroatoms. The van der Waals surface area contributed by atoms with Crippen LogP contribution in [0.15, 0.2) is 0 Å². The number of hydrogen-bond donors (Lipinski definition) is 0. The van der Waals surface area contributed by atoms with E-state index in [2.05, 4.69) is 0 Å². The van der Waals surface area contributed by atoms with E-state index in [1.165, 1.54) is 0 Å². The average molecular weight is 812 g/mol. The Labute approximate surface area is 244 Å². The van der Waals surface area contributed by atoms with Gasteiger partial charge in [-0.3, -0.25) is 0 Å². The minimum atomic E-state index is -8.78. The quantitative estimate of drug-likeness (QED) is 0.0780. The summed E-state index contributed by atoms with van der Waals surface area (Å²) in [6.45, 7) is 0. The van der Waals surface area contributed by atoms with Gasteiger partial charge in [-0.15, -0.1) is 0 Å². The first-order chi connectivity index (χ1) is 19.7. The molecule has 0 radical (unpaired) electrons. The Morgan fingerprint density at radius 3 is 0.848 bits per heavy atom. The molecular formula is C19H15AsF26. The first-order valence-electron chi connectivity index (χ1n) is 11.3. The average Bonchev–Trinajstić information content (AvgIpc) is 2.83. The summed E-state index contributed by atoms with van der Waals surface area (Å²) < 4.78 is 339. The number of rotatable bonds is 17. The molecule has 0 spiro atoms. The van der Waals surface area contributed by atoms with E-state index >= 15 is 0 Å². The molecule has 0 aliphatic carbocycles. The van der Waals surface area contributed by atoms with E-state index in [9.17, 15) is 114 Å². The SMILES string of the molecule is FC(F)(F)C(F)(F)C(F)(F)C(F)(F)CCC[AsH]CCCCC(F)(F)C(F)(F)C(F)(F)C(F)(F)C(F)(F)C(F)(F)C(F)(F)C(F)(F)F. The normalized spacial score (nSPS) is 16.6. The van der Waals surface area contributed by atoms with Gasteiger partial charge in [0.1, 0.15) is 0 Å². The Bertz CT molecular complexity index is 1000. The molecule has 0 aromatic rings. The summed E-state index contributed by atoms with van der Waals surface area (Å²) in [4.78, 5) is 0. The van der Waals surface area contributed by atoms with Gasteiger partial charge < -0.3 is 0 Å². The Morgan fingerprint density at radius 2 is 0.500 bits per heavy atom. The first kappa shape index (κ1) is 44.7. The van der Waals surface area contributed by atoms with Gasteiger partial charge in [-0.05, 0) is 0 Å². The second kappa shape index (κ2) is 12.9. The van der Waals surface area contributed by atoms with Crippen molar-refractivity contribution < 1.29 is 114 Å². The Morgan fingerprint density at radius 1 is 0.261 bits per heavy atom. The Balaban J connectivity index is 5.48. The molecular weight excluding hydrogens is 797 g/mol. The van der Waals surface area contributed by atoms with E-state index < -0.39 is 130 Å². The fourth-order valence-corrected chi connectivity index (χ4v) is 5.54. The molecule has 1 atom stereocenters. The van der Waals surface area contributed by atoms with E-state index in [0.717, 1.165) is 0 Å². The van der Waals surface area contributed by atoms with Gasteiger partial charge in [0.25, 0.3) is 0 Å². The number of alkyl halides is 26. The summed E-state index contributed by atoms with van der Waals surface area (Å²) in [5.41, 5.74) is 0. The molecule has 0 rings (SSSR count). The molecule has 0 aromatic carbocycles. The van der Waals surface area contributed by atoms with E-state index in [0.29, 0.717) is 0 Å². The molecule has 0 aliphatic heterocycles. The molecule has 0 fully saturated rings. The molecule has 0 heterocycles. The van der Waals surface area contributed by atoms with Gasteiger partial charge in [-0.1, -0.05) is 0 Å². The van der Waals surface area contributed by atoms with Crippen molar-refractivity contribution >= 4 is 15.8 Å². The molecule has 46 heavy (non-hydrogen) atoms. The second-order valence-electron chi connectivity index (χ2n) is 9.31. The predicted molar refractivity (Wildman–Crippen MR) is 101 cm³/mol. The van der Waals surface area contributed by atoms with Crippen molar-refractivity contribution in [3.63, 3.8) is 0 Å². The first-order valence-corrected chi connectivity index (χ1v) is 14.3. The van der Waals surface area contributed by atoms with Crippen molar-refractivity contribution in [1.29, 1.82) is 0 Å². The van der Waals surface area contributed by atoms with Crippen LogP contribution in [0.5, 0.6) is 0 Å². The van der Waals surface area contributed by atoms with E-state index in [1.807, 2.05) is 0 Å². The zero-order chi connectivity index (χ0) is 37.7. The van der Waals surface area contributed by atoms with Gasteiger partial charge in [-0.2, -0.15) is 13.2 Å². The summed E-state index contributed by atoms with van der Waals surface area (Å²) in [5, 5.41) is -1.27. The zero-order valence-corrected chi connectivity index (χ0v) is 23.4. The van der Waals surface area contributed by atoms with Crippen molar-refractivity contribution in [2.24, 2.45) is 0 Å². The van der Waals surface area contributed by atoms with Gasteiger partial charge in [0.2, 0.25) is 0 Å². The van der Waals surface area contributed by atoms with Gasteiger partial charge >= 0.3 is 231 Å². The van der Waals surface area contributed by atoms with Crippen LogP contribution in [-0.2, 0) is 0 Å². The minimum Gasteiger partial charge on any atom is -0.165 e. The van der Waals surface area contributed by atoms with E-state index in [1.54, 1.807) is 0 Å². The van der Waals surface area contributed by atoms with Crippen molar-refractivity contribution in [2.45, 2.75) is 114 Å². The van der Waals surface area contributed by atoms with Crippen LogP contribution in [0.4, 0.5) is 114 Å². The molecule has 0 amide bonds. The Kier molecular flexibility index (Phi) is 12.5. The number of halogens is 26. The molecule has 278 valence electrons. The molecule has 0 aromatic heterocycles. The third-order valence-electron chi connectivity index (χ3n) is 5.94. The second-order valence-corrected chi connectivity index (χ2v) is 12.5. The van der Waals surface area contributed by atoms with Crippen LogP contribution in [-0.4, -0.2) is 87.3 Å².